The summed E-state index contributed by atoms with van der Waals surface area (Å²) in [4.78, 5) is 0.617. The molecule has 130 valence electrons. The second-order valence-corrected chi connectivity index (χ2v) is 7.07. The van der Waals surface area contributed by atoms with Crippen LogP contribution in [0.3, 0.4) is 0 Å². The Bertz CT molecular complexity index is 804. The minimum atomic E-state index is -1.19. The Morgan fingerprint density at radius 2 is 1.96 bits per heavy atom. The van der Waals surface area contributed by atoms with E-state index >= 15 is 0 Å². The molecule has 25 heavy (non-hydrogen) atoms. The van der Waals surface area contributed by atoms with Crippen molar-refractivity contribution in [3.63, 3.8) is 0 Å². The molecule has 0 aromatic heterocycles. The van der Waals surface area contributed by atoms with Gasteiger partial charge in [-0.2, -0.15) is 0 Å². The highest BCUT2D eigenvalue weighted by Gasteiger charge is 2.06. The van der Waals surface area contributed by atoms with Crippen molar-refractivity contribution >= 4 is 28.5 Å². The molecule has 0 bridgehead atoms. The molecule has 3 nitrogen and oxygen atoms in total. The topological polar surface area (TPSA) is 46.5 Å². The smallest absolute Gasteiger partial charge is 0.133 e. The van der Waals surface area contributed by atoms with Gasteiger partial charge in [-0.3, -0.25) is 4.21 Å². The van der Waals surface area contributed by atoms with Crippen LogP contribution in [0.4, 0.5) is 0 Å². The van der Waals surface area contributed by atoms with Gasteiger partial charge in [-0.1, -0.05) is 53.8 Å². The maximum atomic E-state index is 12.1. The van der Waals surface area contributed by atoms with Crippen LogP contribution in [0.25, 0.3) is 6.08 Å². The fourth-order valence-corrected chi connectivity index (χ4v) is 3.44. The molecular weight excluding hydrogens is 356 g/mol. The van der Waals surface area contributed by atoms with Crippen molar-refractivity contribution in [3.8, 4) is 17.6 Å². The lowest BCUT2D eigenvalue weighted by Gasteiger charge is -2.01. The van der Waals surface area contributed by atoms with E-state index in [0.29, 0.717) is 22.1 Å². The zero-order chi connectivity index (χ0) is 18.1. The summed E-state index contributed by atoms with van der Waals surface area (Å²) in [5.41, 5.74) is 0.946. The average Bonchev–Trinajstić information content (AvgIpc) is 2.64. The summed E-state index contributed by atoms with van der Waals surface area (Å²) in [5.74, 6) is 6.74. The van der Waals surface area contributed by atoms with E-state index in [1.165, 1.54) is 0 Å². The first-order valence-electron chi connectivity index (χ1n) is 7.72. The molecular formula is C20H19ClO3S. The van der Waals surface area contributed by atoms with Crippen LogP contribution < -0.4 is 4.74 Å². The second kappa shape index (κ2) is 10.0. The minimum absolute atomic E-state index is 0.381. The number of aliphatic hydroxyl groups is 1. The Kier molecular flexibility index (Phi) is 7.75. The Balaban J connectivity index is 1.83. The number of halogens is 1. The van der Waals surface area contributed by atoms with E-state index in [9.17, 15) is 9.32 Å². The molecule has 0 saturated carbocycles. The van der Waals surface area contributed by atoms with Gasteiger partial charge in [-0.25, -0.2) is 0 Å². The van der Waals surface area contributed by atoms with Crippen molar-refractivity contribution < 1.29 is 14.1 Å². The highest BCUT2D eigenvalue weighted by atomic mass is 35.5. The molecule has 0 aliphatic heterocycles. The normalized spacial score (nSPS) is 13.1. The molecule has 2 unspecified atom stereocenters. The molecule has 0 heterocycles. The number of methoxy groups -OCH3 is 1. The van der Waals surface area contributed by atoms with Crippen molar-refractivity contribution in [2.24, 2.45) is 0 Å². The van der Waals surface area contributed by atoms with Gasteiger partial charge in [0.25, 0.3) is 0 Å². The van der Waals surface area contributed by atoms with Gasteiger partial charge in [-0.05, 0) is 35.9 Å². The van der Waals surface area contributed by atoms with Gasteiger partial charge >= 0.3 is 0 Å². The van der Waals surface area contributed by atoms with Gasteiger partial charge in [0.15, 0.2) is 0 Å². The van der Waals surface area contributed by atoms with Crippen LogP contribution in [0.2, 0.25) is 5.02 Å². The van der Waals surface area contributed by atoms with Crippen molar-refractivity contribution in [1.82, 2.24) is 0 Å². The van der Waals surface area contributed by atoms with E-state index in [0.717, 1.165) is 11.3 Å². The first kappa shape index (κ1) is 19.3. The van der Waals surface area contributed by atoms with Crippen molar-refractivity contribution in [2.75, 3.05) is 12.9 Å². The van der Waals surface area contributed by atoms with Gasteiger partial charge < -0.3 is 9.84 Å². The number of ether oxygens (including phenoxy) is 1. The molecule has 0 amide bonds. The van der Waals surface area contributed by atoms with Crippen LogP contribution in [-0.4, -0.2) is 28.3 Å². The van der Waals surface area contributed by atoms with E-state index in [1.807, 2.05) is 24.3 Å². The van der Waals surface area contributed by atoms with E-state index in [1.54, 1.807) is 43.5 Å². The summed E-state index contributed by atoms with van der Waals surface area (Å²) >= 11 is 6.01. The van der Waals surface area contributed by atoms with Gasteiger partial charge in [0, 0.05) is 12.2 Å². The number of hydrogen-bond acceptors (Lipinski definition) is 3. The summed E-state index contributed by atoms with van der Waals surface area (Å²) in [6.07, 6.45) is 2.96. The third-order valence-corrected chi connectivity index (χ3v) is 5.19. The quantitative estimate of drug-likeness (QED) is 0.779. The molecule has 2 aromatic carbocycles. The zero-order valence-corrected chi connectivity index (χ0v) is 15.4. The van der Waals surface area contributed by atoms with Crippen LogP contribution in [0, 0.1) is 11.8 Å². The molecule has 0 aliphatic carbocycles. The monoisotopic (exact) mass is 374 g/mol. The van der Waals surface area contributed by atoms with Crippen LogP contribution in [0.15, 0.2) is 59.5 Å². The van der Waals surface area contributed by atoms with Gasteiger partial charge in [0.1, 0.15) is 11.9 Å². The molecule has 0 spiro atoms. The summed E-state index contributed by atoms with van der Waals surface area (Å²) in [6.45, 7) is 0. The second-order valence-electron chi connectivity index (χ2n) is 5.13. The van der Waals surface area contributed by atoms with Crippen molar-refractivity contribution in [2.45, 2.75) is 17.4 Å². The van der Waals surface area contributed by atoms with E-state index in [4.69, 9.17) is 16.3 Å². The lowest BCUT2D eigenvalue weighted by Crippen LogP contribution is -2.00. The summed E-state index contributed by atoms with van der Waals surface area (Å²) in [6, 6.07) is 14.5. The predicted octanol–water partition coefficient (Wildman–Crippen LogP) is 3.92. The number of benzene rings is 2. The molecule has 2 aromatic rings. The van der Waals surface area contributed by atoms with Crippen LogP contribution >= 0.6 is 11.6 Å². The zero-order valence-electron chi connectivity index (χ0n) is 13.8. The molecule has 2 rings (SSSR count). The summed E-state index contributed by atoms with van der Waals surface area (Å²) in [7, 11) is 0.422. The SMILES string of the molecule is COc1ccc(/C=C/C(O)C#CCCS(=O)c2ccccc2Cl)cc1. The number of hydrogen-bond donors (Lipinski definition) is 1. The summed E-state index contributed by atoms with van der Waals surface area (Å²) < 4.78 is 17.2. The highest BCUT2D eigenvalue weighted by molar-refractivity contribution is 7.85. The van der Waals surface area contributed by atoms with E-state index in [-0.39, 0.29) is 0 Å². The predicted molar refractivity (Wildman–Crippen MR) is 103 cm³/mol. The highest BCUT2D eigenvalue weighted by Crippen LogP contribution is 2.19. The Morgan fingerprint density at radius 3 is 2.64 bits per heavy atom. The Morgan fingerprint density at radius 1 is 1.24 bits per heavy atom. The molecule has 5 heteroatoms. The van der Waals surface area contributed by atoms with Gasteiger partial charge in [0.05, 0.1) is 27.8 Å². The molecule has 0 aliphatic rings. The average molecular weight is 375 g/mol. The fourth-order valence-electron chi connectivity index (χ4n) is 2.03. The fraction of sp³-hybridized carbons (Fsp3) is 0.200. The molecule has 0 fully saturated rings. The van der Waals surface area contributed by atoms with Crippen LogP contribution in [0.1, 0.15) is 12.0 Å². The van der Waals surface area contributed by atoms with Gasteiger partial charge in [-0.15, -0.1) is 0 Å². The van der Waals surface area contributed by atoms with Crippen LogP contribution in [-0.2, 0) is 10.8 Å². The third-order valence-electron chi connectivity index (χ3n) is 3.33. The molecule has 2 atom stereocenters. The number of aliphatic hydroxyl groups excluding tert-OH is 1. The molecule has 0 saturated heterocycles. The summed E-state index contributed by atoms with van der Waals surface area (Å²) in [5, 5.41) is 10.4. The maximum absolute atomic E-state index is 12.1. The molecule has 1 N–H and O–H groups in total. The lowest BCUT2D eigenvalue weighted by molar-refractivity contribution is 0.281. The van der Waals surface area contributed by atoms with E-state index < -0.39 is 16.9 Å². The molecule has 0 radical (unpaired) electrons. The van der Waals surface area contributed by atoms with E-state index in [2.05, 4.69) is 11.8 Å². The standard InChI is InChI=1S/C20H19ClO3S/c1-24-18-13-10-16(11-14-18)9-12-17(22)6-4-5-15-25(23)20-8-3-2-7-19(20)21/h2-3,7-14,17,22H,5,15H2,1H3/b12-9+. The first-order valence-corrected chi connectivity index (χ1v) is 9.41. The lowest BCUT2D eigenvalue weighted by atomic mass is 10.2. The van der Waals surface area contributed by atoms with Gasteiger partial charge in [0.2, 0.25) is 0 Å². The number of rotatable bonds is 6. The van der Waals surface area contributed by atoms with Crippen molar-refractivity contribution in [1.29, 1.82) is 0 Å². The Labute approximate surface area is 155 Å². The van der Waals surface area contributed by atoms with Crippen molar-refractivity contribution in [3.05, 3.63) is 65.2 Å². The third kappa shape index (κ3) is 6.39. The Hall–Kier alpha value is -2.06. The minimum Gasteiger partial charge on any atom is -0.497 e. The largest absolute Gasteiger partial charge is 0.497 e. The maximum Gasteiger partial charge on any atom is 0.133 e. The first-order chi connectivity index (χ1) is 12.1. The van der Waals surface area contributed by atoms with Crippen LogP contribution in [0.5, 0.6) is 5.75 Å².